The predicted molar refractivity (Wildman–Crippen MR) is 66.6 cm³/mol. The Morgan fingerprint density at radius 1 is 1.31 bits per heavy atom. The van der Waals surface area contributed by atoms with Gasteiger partial charge >= 0.3 is 0 Å². The van der Waals surface area contributed by atoms with Crippen LogP contribution >= 0.6 is 11.5 Å². The summed E-state index contributed by atoms with van der Waals surface area (Å²) in [6.07, 6.45) is 4.16. The molecule has 0 bridgehead atoms. The Hall–Kier alpha value is -0.520. The molecule has 0 atom stereocenters. The molecule has 0 radical (unpaired) electrons. The SMILES string of the molecule is Cc1nnsc1CNCCN1CCCCC1. The fourth-order valence-corrected chi connectivity index (χ4v) is 2.64. The lowest BCUT2D eigenvalue weighted by Gasteiger charge is -2.26. The molecule has 0 saturated carbocycles. The average Bonchev–Trinajstić information content (AvgIpc) is 2.72. The fraction of sp³-hybridized carbons (Fsp3) is 0.818. The van der Waals surface area contributed by atoms with Crippen LogP contribution in [-0.4, -0.2) is 40.7 Å². The van der Waals surface area contributed by atoms with Crippen LogP contribution in [0.1, 0.15) is 29.8 Å². The summed E-state index contributed by atoms with van der Waals surface area (Å²) in [5, 5.41) is 7.47. The van der Waals surface area contributed by atoms with E-state index in [1.165, 1.54) is 55.3 Å². The van der Waals surface area contributed by atoms with Crippen LogP contribution in [0.3, 0.4) is 0 Å². The van der Waals surface area contributed by atoms with Crippen molar-refractivity contribution in [1.82, 2.24) is 19.8 Å². The summed E-state index contributed by atoms with van der Waals surface area (Å²) >= 11 is 1.50. The van der Waals surface area contributed by atoms with Crippen molar-refractivity contribution in [3.63, 3.8) is 0 Å². The van der Waals surface area contributed by atoms with Crippen LogP contribution in [0.25, 0.3) is 0 Å². The molecule has 0 aromatic carbocycles. The Labute approximate surface area is 101 Å². The molecule has 1 fully saturated rings. The summed E-state index contributed by atoms with van der Waals surface area (Å²) in [6, 6.07) is 0. The predicted octanol–water partition coefficient (Wildman–Crippen LogP) is 1.42. The van der Waals surface area contributed by atoms with E-state index < -0.39 is 0 Å². The van der Waals surface area contributed by atoms with Gasteiger partial charge in [0, 0.05) is 19.6 Å². The van der Waals surface area contributed by atoms with Gasteiger partial charge in [-0.3, -0.25) is 0 Å². The van der Waals surface area contributed by atoms with E-state index >= 15 is 0 Å². The van der Waals surface area contributed by atoms with Crippen molar-refractivity contribution < 1.29 is 0 Å². The molecule has 4 nitrogen and oxygen atoms in total. The molecule has 0 aliphatic carbocycles. The fourth-order valence-electron chi connectivity index (χ4n) is 2.04. The second-order valence-corrected chi connectivity index (χ2v) is 5.20. The second kappa shape index (κ2) is 6.27. The maximum atomic E-state index is 4.00. The largest absolute Gasteiger partial charge is 0.310 e. The highest BCUT2D eigenvalue weighted by atomic mass is 32.1. The van der Waals surface area contributed by atoms with Gasteiger partial charge in [0.25, 0.3) is 0 Å². The maximum Gasteiger partial charge on any atom is 0.0769 e. The van der Waals surface area contributed by atoms with Crippen molar-refractivity contribution in [2.75, 3.05) is 26.2 Å². The summed E-state index contributed by atoms with van der Waals surface area (Å²) in [5.41, 5.74) is 1.07. The van der Waals surface area contributed by atoms with Crippen molar-refractivity contribution in [2.45, 2.75) is 32.7 Å². The van der Waals surface area contributed by atoms with Gasteiger partial charge in [0.05, 0.1) is 10.6 Å². The van der Waals surface area contributed by atoms with Gasteiger partial charge in [-0.1, -0.05) is 10.9 Å². The Bertz CT molecular complexity index is 307. The monoisotopic (exact) mass is 240 g/mol. The number of likely N-dealkylation sites (tertiary alicyclic amines) is 1. The van der Waals surface area contributed by atoms with Crippen LogP contribution in [0.5, 0.6) is 0 Å². The number of hydrogen-bond acceptors (Lipinski definition) is 5. The van der Waals surface area contributed by atoms with Gasteiger partial charge in [0.2, 0.25) is 0 Å². The summed E-state index contributed by atoms with van der Waals surface area (Å²) in [7, 11) is 0. The Balaban J connectivity index is 1.59. The van der Waals surface area contributed by atoms with Gasteiger partial charge < -0.3 is 10.2 Å². The molecular formula is C11H20N4S. The van der Waals surface area contributed by atoms with E-state index in [0.717, 1.165) is 18.8 Å². The van der Waals surface area contributed by atoms with E-state index in [-0.39, 0.29) is 0 Å². The molecule has 1 aromatic heterocycles. The zero-order valence-corrected chi connectivity index (χ0v) is 10.7. The molecule has 16 heavy (non-hydrogen) atoms. The van der Waals surface area contributed by atoms with Crippen molar-refractivity contribution in [2.24, 2.45) is 0 Å². The minimum atomic E-state index is 0.914. The lowest BCUT2D eigenvalue weighted by molar-refractivity contribution is 0.229. The third-order valence-corrected chi connectivity index (χ3v) is 3.91. The van der Waals surface area contributed by atoms with Crippen molar-refractivity contribution in [1.29, 1.82) is 0 Å². The molecule has 0 unspecified atom stereocenters. The molecular weight excluding hydrogens is 220 g/mol. The molecule has 0 spiro atoms. The number of nitrogens with one attached hydrogen (secondary N) is 1. The van der Waals surface area contributed by atoms with E-state index in [4.69, 9.17) is 0 Å². The van der Waals surface area contributed by atoms with Gasteiger partial charge in [-0.15, -0.1) is 5.10 Å². The van der Waals surface area contributed by atoms with Crippen molar-refractivity contribution in [3.8, 4) is 0 Å². The Morgan fingerprint density at radius 2 is 2.12 bits per heavy atom. The number of aryl methyl sites for hydroxylation is 1. The van der Waals surface area contributed by atoms with Gasteiger partial charge in [-0.05, 0) is 44.4 Å². The first-order valence-corrected chi connectivity index (χ1v) is 6.84. The Morgan fingerprint density at radius 3 is 2.81 bits per heavy atom. The van der Waals surface area contributed by atoms with E-state index in [0.29, 0.717) is 0 Å². The highest BCUT2D eigenvalue weighted by Crippen LogP contribution is 2.09. The van der Waals surface area contributed by atoms with E-state index in [1.807, 2.05) is 6.92 Å². The van der Waals surface area contributed by atoms with E-state index in [9.17, 15) is 0 Å². The summed E-state index contributed by atoms with van der Waals surface area (Å²) in [5.74, 6) is 0. The summed E-state index contributed by atoms with van der Waals surface area (Å²) < 4.78 is 3.93. The van der Waals surface area contributed by atoms with Crippen LogP contribution < -0.4 is 5.32 Å². The normalized spacial score (nSPS) is 17.8. The molecule has 1 aliphatic heterocycles. The number of hydrogen-bond donors (Lipinski definition) is 1. The number of rotatable bonds is 5. The highest BCUT2D eigenvalue weighted by Gasteiger charge is 2.09. The lowest BCUT2D eigenvalue weighted by atomic mass is 10.1. The highest BCUT2D eigenvalue weighted by molar-refractivity contribution is 7.05. The van der Waals surface area contributed by atoms with Crippen LogP contribution in [0.15, 0.2) is 0 Å². The van der Waals surface area contributed by atoms with Gasteiger partial charge in [-0.25, -0.2) is 0 Å². The standard InChI is InChI=1S/C11H20N4S/c1-10-11(16-14-13-10)9-12-5-8-15-6-3-2-4-7-15/h12H,2-9H2,1H3. The third-order valence-electron chi connectivity index (χ3n) is 3.08. The zero-order chi connectivity index (χ0) is 11.2. The van der Waals surface area contributed by atoms with E-state index in [2.05, 4.69) is 19.8 Å². The minimum absolute atomic E-state index is 0.914. The molecule has 90 valence electrons. The number of nitrogens with zero attached hydrogens (tertiary/aromatic N) is 3. The second-order valence-electron chi connectivity index (χ2n) is 4.36. The molecule has 1 aromatic rings. The van der Waals surface area contributed by atoms with Crippen molar-refractivity contribution >= 4 is 11.5 Å². The quantitative estimate of drug-likeness (QED) is 0.790. The first-order valence-electron chi connectivity index (χ1n) is 6.07. The van der Waals surface area contributed by atoms with Gasteiger partial charge in [0.15, 0.2) is 0 Å². The first kappa shape index (κ1) is 12.0. The zero-order valence-electron chi connectivity index (χ0n) is 9.91. The van der Waals surface area contributed by atoms with Crippen LogP contribution in [-0.2, 0) is 6.54 Å². The topological polar surface area (TPSA) is 41.1 Å². The van der Waals surface area contributed by atoms with Gasteiger partial charge in [0.1, 0.15) is 0 Å². The molecule has 2 rings (SSSR count). The van der Waals surface area contributed by atoms with Crippen molar-refractivity contribution in [3.05, 3.63) is 10.6 Å². The molecule has 1 saturated heterocycles. The number of aromatic nitrogens is 2. The molecule has 2 heterocycles. The summed E-state index contributed by atoms with van der Waals surface area (Å²) in [6.45, 7) is 7.73. The summed E-state index contributed by atoms with van der Waals surface area (Å²) in [4.78, 5) is 3.81. The maximum absolute atomic E-state index is 4.00. The smallest absolute Gasteiger partial charge is 0.0769 e. The van der Waals surface area contributed by atoms with Gasteiger partial charge in [-0.2, -0.15) is 0 Å². The van der Waals surface area contributed by atoms with Crippen LogP contribution in [0, 0.1) is 6.92 Å². The van der Waals surface area contributed by atoms with Crippen LogP contribution in [0.2, 0.25) is 0 Å². The minimum Gasteiger partial charge on any atom is -0.310 e. The molecule has 5 heteroatoms. The Kier molecular flexibility index (Phi) is 4.69. The first-order chi connectivity index (χ1) is 7.86. The molecule has 1 N–H and O–H groups in total. The number of piperidine rings is 1. The molecule has 0 amide bonds. The van der Waals surface area contributed by atoms with Crippen LogP contribution in [0.4, 0.5) is 0 Å². The average molecular weight is 240 g/mol. The lowest BCUT2D eigenvalue weighted by Crippen LogP contribution is -2.35. The molecule has 1 aliphatic rings. The third kappa shape index (κ3) is 3.50. The van der Waals surface area contributed by atoms with E-state index in [1.54, 1.807) is 0 Å².